The largest absolute Gasteiger partial charge is 0.611 e. The molecule has 10 heteroatoms. The molecule has 1 unspecified atom stereocenters. The van der Waals surface area contributed by atoms with Crippen LogP contribution in [0.25, 0.3) is 5.69 Å². The fraction of sp³-hybridized carbons (Fsp3) is 0.385. The van der Waals surface area contributed by atoms with Crippen LogP contribution in [0.15, 0.2) is 17.0 Å². The first-order valence-electron chi connectivity index (χ1n) is 6.63. The van der Waals surface area contributed by atoms with Gasteiger partial charge in [-0.1, -0.05) is 6.92 Å². The van der Waals surface area contributed by atoms with Crippen molar-refractivity contribution in [1.29, 1.82) is 0 Å². The standard InChI is InChI=1S/C13H14F4N4OS/c1-3-4-23(22)10-6-9(8(14)5-7(10)2)21-12(18)19-11(20-21)13(15,16)17/h5-6H,3-4H2,1-2H3,(H2,18,19,20). The summed E-state index contributed by atoms with van der Waals surface area (Å²) in [5.74, 6) is -2.55. The number of hydrogen-bond acceptors (Lipinski definition) is 4. The van der Waals surface area contributed by atoms with Gasteiger partial charge in [0, 0.05) is 11.6 Å². The fourth-order valence-corrected chi connectivity index (χ4v) is 3.22. The van der Waals surface area contributed by atoms with Crippen LogP contribution in [-0.4, -0.2) is 25.1 Å². The average molecular weight is 350 g/mol. The van der Waals surface area contributed by atoms with Gasteiger partial charge < -0.3 is 10.3 Å². The molecule has 5 nitrogen and oxygen atoms in total. The van der Waals surface area contributed by atoms with E-state index in [2.05, 4.69) is 10.1 Å². The number of benzene rings is 1. The van der Waals surface area contributed by atoms with E-state index in [9.17, 15) is 22.1 Å². The van der Waals surface area contributed by atoms with Crippen molar-refractivity contribution in [2.75, 3.05) is 11.5 Å². The van der Waals surface area contributed by atoms with Gasteiger partial charge in [-0.3, -0.25) is 0 Å². The first-order chi connectivity index (χ1) is 10.6. The van der Waals surface area contributed by atoms with Crippen molar-refractivity contribution >= 4 is 17.1 Å². The summed E-state index contributed by atoms with van der Waals surface area (Å²) < 4.78 is 64.7. The topological polar surface area (TPSA) is 79.8 Å². The Morgan fingerprint density at radius 3 is 2.52 bits per heavy atom. The summed E-state index contributed by atoms with van der Waals surface area (Å²) in [4.78, 5) is 3.42. The molecule has 0 bridgehead atoms. The highest BCUT2D eigenvalue weighted by atomic mass is 32.2. The molecule has 0 spiro atoms. The number of hydrogen-bond donors (Lipinski definition) is 1. The molecule has 0 aliphatic carbocycles. The fourth-order valence-electron chi connectivity index (χ4n) is 1.97. The zero-order chi connectivity index (χ0) is 17.4. The van der Waals surface area contributed by atoms with Gasteiger partial charge in [-0.05, 0) is 30.6 Å². The van der Waals surface area contributed by atoms with Gasteiger partial charge >= 0.3 is 6.18 Å². The summed E-state index contributed by atoms with van der Waals surface area (Å²) in [7, 11) is 0. The molecule has 0 radical (unpaired) electrons. The van der Waals surface area contributed by atoms with Crippen LogP contribution in [0.4, 0.5) is 23.5 Å². The maximum Gasteiger partial charge on any atom is 0.453 e. The van der Waals surface area contributed by atoms with Crippen LogP contribution in [0.3, 0.4) is 0 Å². The van der Waals surface area contributed by atoms with Crippen LogP contribution in [-0.2, 0) is 17.4 Å². The minimum absolute atomic E-state index is 0.324. The Balaban J connectivity index is 2.56. The number of nitrogens with two attached hydrogens (primary N) is 1. The monoisotopic (exact) mass is 350 g/mol. The molecule has 126 valence electrons. The van der Waals surface area contributed by atoms with Crippen LogP contribution in [0, 0.1) is 12.7 Å². The van der Waals surface area contributed by atoms with Gasteiger partial charge in [0.2, 0.25) is 5.95 Å². The third-order valence-corrected chi connectivity index (χ3v) is 4.70. The maximum absolute atomic E-state index is 14.1. The van der Waals surface area contributed by atoms with Crippen LogP contribution in [0.5, 0.6) is 0 Å². The van der Waals surface area contributed by atoms with Gasteiger partial charge in [0.05, 0.1) is 0 Å². The molecule has 0 fully saturated rings. The van der Waals surface area contributed by atoms with E-state index in [0.717, 1.165) is 6.07 Å². The van der Waals surface area contributed by atoms with E-state index in [-0.39, 0.29) is 5.69 Å². The SMILES string of the molecule is CCC[S+]([O-])c1cc(-n2nc(C(F)(F)F)nc2N)c(F)cc1C. The molecule has 0 aliphatic rings. The Labute approximate surface area is 132 Å². The Morgan fingerprint density at radius 2 is 2.00 bits per heavy atom. The second-order valence-electron chi connectivity index (χ2n) is 4.82. The number of nitrogens with zero attached hydrogens (tertiary/aromatic N) is 3. The van der Waals surface area contributed by atoms with E-state index >= 15 is 0 Å². The summed E-state index contributed by atoms with van der Waals surface area (Å²) in [6.45, 7) is 3.41. The van der Waals surface area contributed by atoms with Crippen molar-refractivity contribution in [3.63, 3.8) is 0 Å². The molecule has 23 heavy (non-hydrogen) atoms. The van der Waals surface area contributed by atoms with Crippen molar-refractivity contribution < 1.29 is 22.1 Å². The van der Waals surface area contributed by atoms with Crippen LogP contribution < -0.4 is 5.73 Å². The van der Waals surface area contributed by atoms with Crippen molar-refractivity contribution in [3.8, 4) is 5.69 Å². The van der Waals surface area contributed by atoms with Gasteiger partial charge in [-0.25, -0.2) is 4.39 Å². The molecule has 1 aromatic carbocycles. The summed E-state index contributed by atoms with van der Waals surface area (Å²) >= 11 is -1.40. The lowest BCUT2D eigenvalue weighted by Crippen LogP contribution is -2.12. The van der Waals surface area contributed by atoms with E-state index < -0.39 is 34.9 Å². The lowest BCUT2D eigenvalue weighted by atomic mass is 10.2. The summed E-state index contributed by atoms with van der Waals surface area (Å²) in [6, 6.07) is 2.29. The smallest absolute Gasteiger partial charge is 0.453 e. The van der Waals surface area contributed by atoms with Crippen LogP contribution in [0.1, 0.15) is 24.7 Å². The number of nitrogen functional groups attached to an aromatic ring is 1. The Kier molecular flexibility index (Phi) is 4.85. The molecule has 0 aliphatic heterocycles. The van der Waals surface area contributed by atoms with Gasteiger partial charge in [0.25, 0.3) is 5.82 Å². The molecular weight excluding hydrogens is 336 g/mol. The molecule has 0 saturated carbocycles. The third kappa shape index (κ3) is 3.58. The summed E-state index contributed by atoms with van der Waals surface area (Å²) in [5.41, 5.74) is 5.52. The number of anilines is 1. The van der Waals surface area contributed by atoms with E-state index in [1.54, 1.807) is 6.92 Å². The number of aromatic nitrogens is 3. The van der Waals surface area contributed by atoms with Gasteiger partial charge in [0.1, 0.15) is 17.3 Å². The first kappa shape index (κ1) is 17.5. The number of rotatable bonds is 4. The molecule has 1 aromatic heterocycles. The first-order valence-corrected chi connectivity index (χ1v) is 7.95. The number of alkyl halides is 3. The molecule has 0 amide bonds. The number of halogens is 4. The van der Waals surface area contributed by atoms with E-state index in [4.69, 9.17) is 5.73 Å². The summed E-state index contributed by atoms with van der Waals surface area (Å²) in [5, 5.41) is 3.20. The molecule has 2 aromatic rings. The molecule has 2 N–H and O–H groups in total. The van der Waals surface area contributed by atoms with E-state index in [1.165, 1.54) is 6.07 Å². The second-order valence-corrected chi connectivity index (χ2v) is 6.36. The summed E-state index contributed by atoms with van der Waals surface area (Å²) in [6.07, 6.45) is -4.16. The van der Waals surface area contributed by atoms with Crippen molar-refractivity contribution in [3.05, 3.63) is 29.3 Å². The van der Waals surface area contributed by atoms with Gasteiger partial charge in [-0.2, -0.15) is 22.8 Å². The highest BCUT2D eigenvalue weighted by Crippen LogP contribution is 2.29. The average Bonchev–Trinajstić information content (AvgIpc) is 2.81. The normalized spacial score (nSPS) is 13.3. The molecule has 0 saturated heterocycles. The maximum atomic E-state index is 14.1. The van der Waals surface area contributed by atoms with E-state index in [0.29, 0.717) is 27.3 Å². The van der Waals surface area contributed by atoms with Crippen LogP contribution in [0.2, 0.25) is 0 Å². The molecule has 2 rings (SSSR count). The lowest BCUT2D eigenvalue weighted by Gasteiger charge is -2.14. The molecule has 1 atom stereocenters. The zero-order valence-electron chi connectivity index (χ0n) is 12.3. The van der Waals surface area contributed by atoms with E-state index in [1.807, 2.05) is 6.92 Å². The van der Waals surface area contributed by atoms with Gasteiger partial charge in [-0.15, -0.1) is 5.10 Å². The molecular formula is C13H14F4N4OS. The third-order valence-electron chi connectivity index (χ3n) is 2.99. The lowest BCUT2D eigenvalue weighted by molar-refractivity contribution is -0.144. The zero-order valence-corrected chi connectivity index (χ0v) is 13.1. The van der Waals surface area contributed by atoms with Crippen molar-refractivity contribution in [1.82, 2.24) is 14.8 Å². The van der Waals surface area contributed by atoms with Crippen LogP contribution >= 0.6 is 0 Å². The predicted molar refractivity (Wildman–Crippen MR) is 77.0 cm³/mol. The Morgan fingerprint density at radius 1 is 1.35 bits per heavy atom. The van der Waals surface area contributed by atoms with Crippen molar-refractivity contribution in [2.24, 2.45) is 0 Å². The minimum Gasteiger partial charge on any atom is -0.611 e. The number of aryl methyl sites for hydroxylation is 1. The quantitative estimate of drug-likeness (QED) is 0.679. The van der Waals surface area contributed by atoms with Gasteiger partial charge in [0.15, 0.2) is 4.90 Å². The van der Waals surface area contributed by atoms with Crippen molar-refractivity contribution in [2.45, 2.75) is 31.3 Å². The Bertz CT molecular complexity index is 717. The minimum atomic E-state index is -4.80. The highest BCUT2D eigenvalue weighted by Gasteiger charge is 2.37. The Hall–Kier alpha value is -1.81. The predicted octanol–water partition coefficient (Wildman–Crippen LogP) is 2.83. The molecule has 1 heterocycles. The second kappa shape index (κ2) is 6.36. The highest BCUT2D eigenvalue weighted by molar-refractivity contribution is 7.91.